The summed E-state index contributed by atoms with van der Waals surface area (Å²) >= 11 is 0. The molecule has 2 heteroatoms. The van der Waals surface area contributed by atoms with Crippen molar-refractivity contribution >= 4 is 5.78 Å². The molecular weight excluding hydrogens is 126 g/mol. The number of hydrogen-bond donors (Lipinski definition) is 0. The fourth-order valence-corrected chi connectivity index (χ4v) is 0.633. The van der Waals surface area contributed by atoms with E-state index in [9.17, 15) is 4.79 Å². The molecule has 0 aliphatic rings. The van der Waals surface area contributed by atoms with Crippen LogP contribution in [-0.4, -0.2) is 10.8 Å². The number of nitrogens with zero attached hydrogens (tertiary/aromatic N) is 1. The second kappa shape index (κ2) is 2.60. The zero-order valence-electron chi connectivity index (χ0n) is 5.79. The number of pyridine rings is 1. The minimum Gasteiger partial charge on any atom is -0.293 e. The Kier molecular flexibility index (Phi) is 1.81. The first-order valence-corrected chi connectivity index (χ1v) is 2.99. The Hall–Kier alpha value is -1.18. The lowest BCUT2D eigenvalue weighted by atomic mass is 10.2. The van der Waals surface area contributed by atoms with Crippen molar-refractivity contribution < 1.29 is 4.79 Å². The first-order chi connectivity index (χ1) is 4.70. The largest absolute Gasteiger partial charge is 0.293 e. The number of carbonyl (C=O) groups excluding carboxylic acids is 1. The smallest absolute Gasteiger partial charge is 0.178 e. The average Bonchev–Trinajstić information content (AvgIpc) is 1.88. The number of rotatable bonds is 1. The van der Waals surface area contributed by atoms with E-state index in [2.05, 4.69) is 11.9 Å². The monoisotopic (exact) mass is 134 g/mol. The number of Topliss-reactive ketones (excluding diaryl/α,β-unsaturated/α-hetero) is 1. The molecular formula is C8H8NO. The summed E-state index contributed by atoms with van der Waals surface area (Å²) in [6.45, 7) is 5.14. The number of aromatic nitrogens is 1. The van der Waals surface area contributed by atoms with Crippen molar-refractivity contribution in [2.45, 2.75) is 6.92 Å². The second-order valence-electron chi connectivity index (χ2n) is 2.11. The maximum absolute atomic E-state index is 10.7. The van der Waals surface area contributed by atoms with Gasteiger partial charge in [-0.05, 0) is 18.6 Å². The van der Waals surface area contributed by atoms with Crippen molar-refractivity contribution in [2.75, 3.05) is 0 Å². The van der Waals surface area contributed by atoms with E-state index in [1.807, 2.05) is 0 Å². The summed E-state index contributed by atoms with van der Waals surface area (Å²) in [6.07, 6.45) is 1.58. The van der Waals surface area contributed by atoms with Gasteiger partial charge in [-0.2, -0.15) is 0 Å². The predicted octanol–water partition coefficient (Wildman–Crippen LogP) is 1.47. The third-order valence-electron chi connectivity index (χ3n) is 1.19. The van der Waals surface area contributed by atoms with Gasteiger partial charge in [0.15, 0.2) is 5.78 Å². The summed E-state index contributed by atoms with van der Waals surface area (Å²) in [5.74, 6) is -0.0139. The standard InChI is InChI=1S/C8H8NO/c1-6-3-4-8(7(2)10)9-5-6/h3-5H,1H2,2H3. The van der Waals surface area contributed by atoms with Gasteiger partial charge >= 0.3 is 0 Å². The first-order valence-electron chi connectivity index (χ1n) is 2.99. The average molecular weight is 134 g/mol. The van der Waals surface area contributed by atoms with E-state index in [-0.39, 0.29) is 5.78 Å². The minimum atomic E-state index is -0.0139. The van der Waals surface area contributed by atoms with E-state index in [1.165, 1.54) is 6.92 Å². The maximum Gasteiger partial charge on any atom is 0.178 e. The Labute approximate surface area is 59.9 Å². The van der Waals surface area contributed by atoms with Crippen LogP contribution in [0.15, 0.2) is 18.3 Å². The Morgan fingerprint density at radius 1 is 1.60 bits per heavy atom. The van der Waals surface area contributed by atoms with Crippen LogP contribution in [0.5, 0.6) is 0 Å². The fraction of sp³-hybridized carbons (Fsp3) is 0.125. The number of ketones is 1. The van der Waals surface area contributed by atoms with Crippen LogP contribution < -0.4 is 0 Å². The van der Waals surface area contributed by atoms with Crippen molar-refractivity contribution in [3.8, 4) is 0 Å². The van der Waals surface area contributed by atoms with Gasteiger partial charge in [-0.1, -0.05) is 6.07 Å². The lowest BCUT2D eigenvalue weighted by Crippen LogP contribution is -1.95. The van der Waals surface area contributed by atoms with Gasteiger partial charge in [0.1, 0.15) is 5.69 Å². The Morgan fingerprint density at radius 3 is 2.70 bits per heavy atom. The molecule has 2 nitrogen and oxygen atoms in total. The molecule has 0 spiro atoms. The molecule has 51 valence electrons. The van der Waals surface area contributed by atoms with Crippen molar-refractivity contribution in [1.29, 1.82) is 0 Å². The number of hydrogen-bond acceptors (Lipinski definition) is 2. The summed E-state index contributed by atoms with van der Waals surface area (Å²) < 4.78 is 0. The van der Waals surface area contributed by atoms with E-state index in [0.29, 0.717) is 5.69 Å². The molecule has 1 aromatic rings. The lowest BCUT2D eigenvalue weighted by molar-refractivity contribution is 0.101. The van der Waals surface area contributed by atoms with Crippen LogP contribution in [0.1, 0.15) is 23.0 Å². The van der Waals surface area contributed by atoms with Crippen molar-refractivity contribution in [3.05, 3.63) is 36.5 Å². The van der Waals surface area contributed by atoms with Gasteiger partial charge in [0.05, 0.1) is 0 Å². The third-order valence-corrected chi connectivity index (χ3v) is 1.19. The van der Waals surface area contributed by atoms with Crippen molar-refractivity contribution in [3.63, 3.8) is 0 Å². The topological polar surface area (TPSA) is 30.0 Å². The van der Waals surface area contributed by atoms with Gasteiger partial charge in [0, 0.05) is 13.1 Å². The molecule has 0 fully saturated rings. The SMILES string of the molecule is [CH2]c1ccc(C(C)=O)nc1. The molecule has 1 heterocycles. The molecule has 0 saturated heterocycles. The van der Waals surface area contributed by atoms with E-state index >= 15 is 0 Å². The molecule has 0 bridgehead atoms. The predicted molar refractivity (Wildman–Crippen MR) is 38.7 cm³/mol. The second-order valence-corrected chi connectivity index (χ2v) is 2.11. The molecule has 0 aromatic carbocycles. The molecule has 0 aliphatic heterocycles. The normalized spacial score (nSPS) is 9.40. The Balaban J connectivity index is 3.00. The van der Waals surface area contributed by atoms with Crippen LogP contribution in [-0.2, 0) is 0 Å². The Bertz CT molecular complexity index is 238. The molecule has 1 radical (unpaired) electrons. The van der Waals surface area contributed by atoms with Crippen LogP contribution in [0, 0.1) is 6.92 Å². The van der Waals surface area contributed by atoms with Crippen LogP contribution in [0.2, 0.25) is 0 Å². The van der Waals surface area contributed by atoms with Crippen LogP contribution in [0.3, 0.4) is 0 Å². The Morgan fingerprint density at radius 2 is 2.30 bits per heavy atom. The molecule has 0 aliphatic carbocycles. The molecule has 1 rings (SSSR count). The van der Waals surface area contributed by atoms with E-state index in [4.69, 9.17) is 0 Å². The van der Waals surface area contributed by atoms with E-state index in [1.54, 1.807) is 18.3 Å². The van der Waals surface area contributed by atoms with Crippen LogP contribution >= 0.6 is 0 Å². The highest BCUT2D eigenvalue weighted by atomic mass is 16.1. The van der Waals surface area contributed by atoms with Gasteiger partial charge in [-0.25, -0.2) is 0 Å². The van der Waals surface area contributed by atoms with Crippen LogP contribution in [0.25, 0.3) is 0 Å². The first kappa shape index (κ1) is 6.93. The van der Waals surface area contributed by atoms with Crippen LogP contribution in [0.4, 0.5) is 0 Å². The quantitative estimate of drug-likeness (QED) is 0.544. The zero-order chi connectivity index (χ0) is 7.56. The highest BCUT2D eigenvalue weighted by Gasteiger charge is 1.97. The minimum absolute atomic E-state index is 0.0139. The third kappa shape index (κ3) is 1.41. The molecule has 0 amide bonds. The van der Waals surface area contributed by atoms with Crippen molar-refractivity contribution in [2.24, 2.45) is 0 Å². The lowest BCUT2D eigenvalue weighted by Gasteiger charge is -1.92. The van der Waals surface area contributed by atoms with Gasteiger partial charge < -0.3 is 0 Å². The molecule has 0 N–H and O–H groups in total. The fourth-order valence-electron chi connectivity index (χ4n) is 0.633. The molecule has 0 atom stereocenters. The summed E-state index contributed by atoms with van der Waals surface area (Å²) in [6, 6.07) is 3.44. The van der Waals surface area contributed by atoms with E-state index < -0.39 is 0 Å². The van der Waals surface area contributed by atoms with E-state index in [0.717, 1.165) is 5.56 Å². The molecule has 1 aromatic heterocycles. The molecule has 10 heavy (non-hydrogen) atoms. The highest BCUT2D eigenvalue weighted by molar-refractivity contribution is 5.91. The summed E-state index contributed by atoms with van der Waals surface area (Å²) in [5, 5.41) is 0. The van der Waals surface area contributed by atoms with Gasteiger partial charge in [0.2, 0.25) is 0 Å². The maximum atomic E-state index is 10.7. The summed E-state index contributed by atoms with van der Waals surface area (Å²) in [7, 11) is 0. The molecule has 0 saturated carbocycles. The van der Waals surface area contributed by atoms with Gasteiger partial charge in [-0.3, -0.25) is 9.78 Å². The number of carbonyl (C=O) groups is 1. The van der Waals surface area contributed by atoms with Gasteiger partial charge in [0.25, 0.3) is 0 Å². The summed E-state index contributed by atoms with van der Waals surface area (Å²) in [4.78, 5) is 14.5. The molecule has 0 unspecified atom stereocenters. The van der Waals surface area contributed by atoms with Crippen molar-refractivity contribution in [1.82, 2.24) is 4.98 Å². The highest BCUT2D eigenvalue weighted by Crippen LogP contribution is 1.98. The van der Waals surface area contributed by atoms with Gasteiger partial charge in [-0.15, -0.1) is 0 Å². The zero-order valence-corrected chi connectivity index (χ0v) is 5.79. The summed E-state index contributed by atoms with van der Waals surface area (Å²) in [5.41, 5.74) is 1.32.